The highest BCUT2D eigenvalue weighted by Crippen LogP contribution is 2.20. The topological polar surface area (TPSA) is 112 Å². The van der Waals surface area contributed by atoms with E-state index in [9.17, 15) is 14.4 Å². The number of amides is 4. The average Bonchev–Trinajstić information content (AvgIpc) is 2.81. The van der Waals surface area contributed by atoms with Crippen molar-refractivity contribution in [2.24, 2.45) is 0 Å². The minimum absolute atomic E-state index is 0.0196. The average molecular weight is 341 g/mol. The maximum Gasteiger partial charge on any atom is 0.315 e. The van der Waals surface area contributed by atoms with Crippen molar-refractivity contribution in [3.05, 3.63) is 0 Å². The van der Waals surface area contributed by atoms with E-state index in [1.54, 1.807) is 4.90 Å². The van der Waals surface area contributed by atoms with Gasteiger partial charge >= 0.3 is 6.03 Å². The number of nitrogens with one attached hydrogen (secondary N) is 4. The van der Waals surface area contributed by atoms with Crippen LogP contribution in [0.5, 0.6) is 0 Å². The molecule has 0 radical (unpaired) electrons. The summed E-state index contributed by atoms with van der Waals surface area (Å²) in [7, 11) is 1.43. The molecule has 3 atom stereocenters. The van der Waals surface area contributed by atoms with Crippen LogP contribution >= 0.6 is 0 Å². The molecule has 2 aliphatic rings. The molecule has 0 bridgehead atoms. The zero-order valence-electron chi connectivity index (χ0n) is 14.4. The van der Waals surface area contributed by atoms with Crippen LogP contribution in [-0.2, 0) is 14.3 Å². The lowest BCUT2D eigenvalue weighted by atomic mass is 10.2. The summed E-state index contributed by atoms with van der Waals surface area (Å²) in [5.41, 5.74) is 0. The molecule has 0 aromatic heterocycles. The summed E-state index contributed by atoms with van der Waals surface area (Å²) in [6.45, 7) is 5.20. The third kappa shape index (κ3) is 4.81. The first-order chi connectivity index (χ1) is 11.4. The highest BCUT2D eigenvalue weighted by atomic mass is 16.5. The maximum absolute atomic E-state index is 12.7. The third-order valence-corrected chi connectivity index (χ3v) is 4.09. The number of hydrogen-bond donors (Lipinski definition) is 4. The van der Waals surface area contributed by atoms with Gasteiger partial charge in [-0.15, -0.1) is 0 Å². The van der Waals surface area contributed by atoms with Gasteiger partial charge in [-0.05, 0) is 20.3 Å². The Bertz CT molecular complexity index is 484. The lowest BCUT2D eigenvalue weighted by Gasteiger charge is -2.24. The zero-order valence-corrected chi connectivity index (χ0v) is 14.4. The fourth-order valence-electron chi connectivity index (χ4n) is 3.14. The number of rotatable bonds is 5. The van der Waals surface area contributed by atoms with Gasteiger partial charge in [0.25, 0.3) is 0 Å². The predicted molar refractivity (Wildman–Crippen MR) is 87.4 cm³/mol. The number of urea groups is 1. The van der Waals surface area contributed by atoms with Crippen molar-refractivity contribution in [1.82, 2.24) is 26.2 Å². The summed E-state index contributed by atoms with van der Waals surface area (Å²) in [5, 5.41) is 11.6. The maximum atomic E-state index is 12.7. The van der Waals surface area contributed by atoms with Crippen LogP contribution in [-0.4, -0.2) is 80.3 Å². The van der Waals surface area contributed by atoms with Gasteiger partial charge in [0.15, 0.2) is 0 Å². The fraction of sp³-hybridized carbons (Fsp3) is 0.800. The van der Waals surface area contributed by atoms with Gasteiger partial charge in [0.2, 0.25) is 11.8 Å². The van der Waals surface area contributed by atoms with E-state index in [1.807, 2.05) is 13.8 Å². The van der Waals surface area contributed by atoms with E-state index < -0.39 is 6.04 Å². The molecule has 0 spiro atoms. The molecule has 24 heavy (non-hydrogen) atoms. The van der Waals surface area contributed by atoms with Gasteiger partial charge in [0, 0.05) is 38.8 Å². The Morgan fingerprint density at radius 2 is 2.08 bits per heavy atom. The highest BCUT2D eigenvalue weighted by molar-refractivity contribution is 5.89. The van der Waals surface area contributed by atoms with E-state index in [0.29, 0.717) is 26.1 Å². The van der Waals surface area contributed by atoms with Gasteiger partial charge in [-0.3, -0.25) is 9.59 Å². The molecule has 0 aromatic carbocycles. The number of nitrogens with zero attached hydrogens (tertiary/aromatic N) is 1. The van der Waals surface area contributed by atoms with E-state index in [-0.39, 0.29) is 42.6 Å². The summed E-state index contributed by atoms with van der Waals surface area (Å²) in [6.07, 6.45) is 0.697. The smallest absolute Gasteiger partial charge is 0.315 e. The first-order valence-corrected chi connectivity index (χ1v) is 8.27. The standard InChI is InChI=1S/C15H27N5O4/c1-9(2)17-15(23)18-10-4-11-5-16-6-12(14(22)20(11)7-10)19-13(21)8-24-3/h9-12,16H,4-8H2,1-3H3,(H,19,21)(H2,17,18,23)/t10-,11-,12-/m0/s1. The van der Waals surface area contributed by atoms with Gasteiger partial charge in [0.1, 0.15) is 12.6 Å². The number of methoxy groups -OCH3 is 1. The van der Waals surface area contributed by atoms with Gasteiger partial charge in [-0.1, -0.05) is 0 Å². The molecule has 0 unspecified atom stereocenters. The second kappa shape index (κ2) is 8.29. The van der Waals surface area contributed by atoms with E-state index in [0.717, 1.165) is 0 Å². The molecule has 0 saturated carbocycles. The van der Waals surface area contributed by atoms with Crippen molar-refractivity contribution in [2.45, 2.75) is 44.4 Å². The molecule has 9 nitrogen and oxygen atoms in total. The molecule has 2 fully saturated rings. The summed E-state index contributed by atoms with van der Waals surface area (Å²) >= 11 is 0. The van der Waals surface area contributed by atoms with Crippen molar-refractivity contribution in [3.8, 4) is 0 Å². The summed E-state index contributed by atoms with van der Waals surface area (Å²) in [5.74, 6) is -0.440. The van der Waals surface area contributed by atoms with Gasteiger partial charge in [-0.2, -0.15) is 0 Å². The molecule has 4 N–H and O–H groups in total. The minimum atomic E-state index is -0.610. The van der Waals surface area contributed by atoms with Crippen molar-refractivity contribution >= 4 is 17.8 Å². The lowest BCUT2D eigenvalue weighted by molar-refractivity contribution is -0.137. The van der Waals surface area contributed by atoms with Gasteiger partial charge in [-0.25, -0.2) is 4.79 Å². The highest BCUT2D eigenvalue weighted by Gasteiger charge is 2.40. The van der Waals surface area contributed by atoms with Crippen molar-refractivity contribution in [2.75, 3.05) is 33.4 Å². The van der Waals surface area contributed by atoms with Crippen molar-refractivity contribution < 1.29 is 19.1 Å². The quantitative estimate of drug-likeness (QED) is 0.481. The van der Waals surface area contributed by atoms with E-state index >= 15 is 0 Å². The second-order valence-electron chi connectivity index (χ2n) is 6.56. The molecule has 2 heterocycles. The molecule has 136 valence electrons. The molecular formula is C15H27N5O4. The van der Waals surface area contributed by atoms with Crippen molar-refractivity contribution in [3.63, 3.8) is 0 Å². The molecule has 0 aromatic rings. The van der Waals surface area contributed by atoms with Crippen LogP contribution in [0.3, 0.4) is 0 Å². The molecule has 2 rings (SSSR count). The molecule has 9 heteroatoms. The Balaban J connectivity index is 1.93. The lowest BCUT2D eigenvalue weighted by Crippen LogP contribution is -2.52. The Kier molecular flexibility index (Phi) is 6.38. The normalized spacial score (nSPS) is 26.8. The number of hydrogen-bond acceptors (Lipinski definition) is 5. The first kappa shape index (κ1) is 18.5. The summed E-state index contributed by atoms with van der Waals surface area (Å²) < 4.78 is 4.78. The zero-order chi connectivity index (χ0) is 17.7. The Labute approximate surface area is 141 Å². The van der Waals surface area contributed by atoms with Crippen molar-refractivity contribution in [1.29, 1.82) is 0 Å². The van der Waals surface area contributed by atoms with Gasteiger partial charge < -0.3 is 30.9 Å². The Morgan fingerprint density at radius 3 is 2.75 bits per heavy atom. The predicted octanol–water partition coefficient (Wildman–Crippen LogP) is -1.60. The summed E-state index contributed by atoms with van der Waals surface area (Å²) in [4.78, 5) is 37.9. The monoisotopic (exact) mass is 341 g/mol. The van der Waals surface area contributed by atoms with Crippen LogP contribution in [0.15, 0.2) is 0 Å². The number of fused-ring (bicyclic) bond motifs is 1. The molecule has 2 saturated heterocycles. The van der Waals surface area contributed by atoms with Gasteiger partial charge in [0.05, 0.1) is 6.04 Å². The van der Waals surface area contributed by atoms with Crippen LogP contribution in [0.25, 0.3) is 0 Å². The third-order valence-electron chi connectivity index (χ3n) is 4.09. The summed E-state index contributed by atoms with van der Waals surface area (Å²) in [6, 6.07) is -0.848. The number of carbonyl (C=O) groups is 3. The van der Waals surface area contributed by atoms with Crippen LogP contribution < -0.4 is 21.3 Å². The van der Waals surface area contributed by atoms with E-state index in [4.69, 9.17) is 4.74 Å². The van der Waals surface area contributed by atoms with Crippen LogP contribution in [0.2, 0.25) is 0 Å². The Morgan fingerprint density at radius 1 is 1.33 bits per heavy atom. The molecule has 0 aliphatic carbocycles. The molecular weight excluding hydrogens is 314 g/mol. The second-order valence-corrected chi connectivity index (χ2v) is 6.56. The van der Waals surface area contributed by atoms with E-state index in [1.165, 1.54) is 7.11 Å². The number of carbonyl (C=O) groups excluding carboxylic acids is 3. The first-order valence-electron chi connectivity index (χ1n) is 8.27. The van der Waals surface area contributed by atoms with Crippen LogP contribution in [0.1, 0.15) is 20.3 Å². The van der Waals surface area contributed by atoms with E-state index in [2.05, 4.69) is 21.3 Å². The minimum Gasteiger partial charge on any atom is -0.375 e. The SMILES string of the molecule is COCC(=O)N[C@H]1CNC[C@@H]2C[C@H](NC(=O)NC(C)C)CN2C1=O. The van der Waals surface area contributed by atoms with Crippen LogP contribution in [0, 0.1) is 0 Å². The molecule has 2 aliphatic heterocycles. The Hall–Kier alpha value is -1.87. The largest absolute Gasteiger partial charge is 0.375 e. The molecule has 4 amide bonds. The van der Waals surface area contributed by atoms with Crippen LogP contribution in [0.4, 0.5) is 4.79 Å². The number of ether oxygens (including phenoxy) is 1. The fourth-order valence-corrected chi connectivity index (χ4v) is 3.14.